The Morgan fingerprint density at radius 2 is 0.758 bits per heavy atom. The third kappa shape index (κ3) is 47.8. The Kier molecular flexibility index (Phi) is 50.6. The van der Waals surface area contributed by atoms with Crippen LogP contribution >= 0.6 is 0 Å². The molecule has 0 aliphatic carbocycles. The van der Waals surface area contributed by atoms with E-state index in [9.17, 15) is 19.8 Å². The van der Waals surface area contributed by atoms with Gasteiger partial charge in [0.05, 0.1) is 25.4 Å². The third-order valence-electron chi connectivity index (χ3n) is 12.7. The summed E-state index contributed by atoms with van der Waals surface area (Å²) < 4.78 is 5.45. The summed E-state index contributed by atoms with van der Waals surface area (Å²) in [7, 11) is 0. The van der Waals surface area contributed by atoms with E-state index in [0.29, 0.717) is 19.4 Å². The van der Waals surface area contributed by atoms with E-state index in [1.807, 2.05) is 6.08 Å². The molecule has 0 aromatic rings. The first-order valence-corrected chi connectivity index (χ1v) is 27.6. The molecule has 3 N–H and O–H groups in total. The molecular formula is C56H107NO5. The zero-order valence-corrected chi connectivity index (χ0v) is 41.6. The van der Waals surface area contributed by atoms with Crippen molar-refractivity contribution in [3.63, 3.8) is 0 Å². The Balaban J connectivity index is 3.48. The summed E-state index contributed by atoms with van der Waals surface area (Å²) >= 11 is 0. The number of amides is 1. The summed E-state index contributed by atoms with van der Waals surface area (Å²) in [5, 5.41) is 23.1. The molecule has 2 unspecified atom stereocenters. The molecule has 0 aliphatic heterocycles. The fraction of sp³-hybridized carbons (Fsp3) is 0.893. The topological polar surface area (TPSA) is 95.9 Å². The maximum Gasteiger partial charge on any atom is 0.305 e. The molecule has 1 amide bonds. The number of carbonyl (C=O) groups is 2. The highest BCUT2D eigenvalue weighted by atomic mass is 16.5. The van der Waals surface area contributed by atoms with Gasteiger partial charge in [-0.1, -0.05) is 250 Å². The van der Waals surface area contributed by atoms with Crippen LogP contribution in [0.4, 0.5) is 0 Å². The van der Waals surface area contributed by atoms with Crippen molar-refractivity contribution in [3.05, 3.63) is 24.3 Å². The van der Waals surface area contributed by atoms with Crippen LogP contribution in [0.3, 0.4) is 0 Å². The molecule has 0 fully saturated rings. The van der Waals surface area contributed by atoms with Gasteiger partial charge in [-0.15, -0.1) is 0 Å². The van der Waals surface area contributed by atoms with Gasteiger partial charge in [0.2, 0.25) is 5.91 Å². The van der Waals surface area contributed by atoms with E-state index in [2.05, 4.69) is 31.3 Å². The van der Waals surface area contributed by atoms with E-state index in [0.717, 1.165) is 51.4 Å². The van der Waals surface area contributed by atoms with Gasteiger partial charge in [-0.3, -0.25) is 9.59 Å². The molecule has 0 spiro atoms. The smallest absolute Gasteiger partial charge is 0.305 e. The van der Waals surface area contributed by atoms with Gasteiger partial charge in [0.15, 0.2) is 0 Å². The SMILES string of the molecule is CCCCCCCCCCCCCCC/C=C/C(O)C(CO)NC(=O)CCCCCCCCC/C=C\CCCCCCCCCCOC(=O)CCCCCCCCCCCCC. The summed E-state index contributed by atoms with van der Waals surface area (Å²) in [5.74, 6) is -0.0740. The molecule has 6 nitrogen and oxygen atoms in total. The van der Waals surface area contributed by atoms with Gasteiger partial charge >= 0.3 is 5.97 Å². The van der Waals surface area contributed by atoms with E-state index in [1.54, 1.807) is 6.08 Å². The fourth-order valence-electron chi connectivity index (χ4n) is 8.45. The van der Waals surface area contributed by atoms with Gasteiger partial charge in [-0.2, -0.15) is 0 Å². The number of rotatable bonds is 51. The van der Waals surface area contributed by atoms with Crippen molar-refractivity contribution >= 4 is 11.9 Å². The number of unbranched alkanes of at least 4 members (excludes halogenated alkanes) is 38. The first kappa shape index (κ1) is 60.3. The van der Waals surface area contributed by atoms with Crippen molar-refractivity contribution < 1.29 is 24.5 Å². The van der Waals surface area contributed by atoms with Crippen LogP contribution in [0.25, 0.3) is 0 Å². The van der Waals surface area contributed by atoms with Gasteiger partial charge in [0.1, 0.15) is 0 Å². The normalized spacial score (nSPS) is 12.8. The Hall–Kier alpha value is -1.66. The van der Waals surface area contributed by atoms with E-state index in [4.69, 9.17) is 4.74 Å². The van der Waals surface area contributed by atoms with Crippen molar-refractivity contribution in [3.8, 4) is 0 Å². The Morgan fingerprint density at radius 3 is 1.15 bits per heavy atom. The Morgan fingerprint density at radius 1 is 0.435 bits per heavy atom. The van der Waals surface area contributed by atoms with E-state index < -0.39 is 12.1 Å². The van der Waals surface area contributed by atoms with Crippen molar-refractivity contribution in [2.75, 3.05) is 13.2 Å². The minimum absolute atomic E-state index is 0.00275. The molecule has 0 saturated carbocycles. The molecule has 0 aromatic heterocycles. The zero-order chi connectivity index (χ0) is 45.1. The summed E-state index contributed by atoms with van der Waals surface area (Å²) in [4.78, 5) is 24.4. The van der Waals surface area contributed by atoms with Crippen LogP contribution < -0.4 is 5.32 Å². The lowest BCUT2D eigenvalue weighted by Gasteiger charge is -2.20. The van der Waals surface area contributed by atoms with Crippen molar-refractivity contribution in [1.29, 1.82) is 0 Å². The average Bonchev–Trinajstić information content (AvgIpc) is 3.27. The molecule has 6 heteroatoms. The number of aliphatic hydroxyl groups excluding tert-OH is 2. The van der Waals surface area contributed by atoms with Gasteiger partial charge in [-0.25, -0.2) is 0 Å². The van der Waals surface area contributed by atoms with Crippen molar-refractivity contribution in [1.82, 2.24) is 5.32 Å². The summed E-state index contributed by atoms with van der Waals surface area (Å²) in [6, 6.07) is -0.634. The second-order valence-corrected chi connectivity index (χ2v) is 18.9. The molecular weight excluding hydrogens is 767 g/mol. The minimum atomic E-state index is -0.850. The third-order valence-corrected chi connectivity index (χ3v) is 12.7. The van der Waals surface area contributed by atoms with Crippen LogP contribution in [0.15, 0.2) is 24.3 Å². The number of aliphatic hydroxyl groups is 2. The van der Waals surface area contributed by atoms with E-state index >= 15 is 0 Å². The van der Waals surface area contributed by atoms with E-state index in [-0.39, 0.29) is 18.5 Å². The molecule has 2 atom stereocenters. The minimum Gasteiger partial charge on any atom is -0.466 e. The summed E-state index contributed by atoms with van der Waals surface area (Å²) in [6.45, 7) is 4.89. The highest BCUT2D eigenvalue weighted by molar-refractivity contribution is 5.76. The highest BCUT2D eigenvalue weighted by Crippen LogP contribution is 2.16. The summed E-state index contributed by atoms with van der Waals surface area (Å²) in [5.41, 5.74) is 0. The number of hydrogen-bond acceptors (Lipinski definition) is 5. The van der Waals surface area contributed by atoms with E-state index in [1.165, 1.54) is 218 Å². The van der Waals surface area contributed by atoms with Crippen LogP contribution in [-0.2, 0) is 14.3 Å². The zero-order valence-electron chi connectivity index (χ0n) is 41.6. The van der Waals surface area contributed by atoms with Crippen LogP contribution in [0.5, 0.6) is 0 Å². The quantitative estimate of drug-likeness (QED) is 0.0321. The van der Waals surface area contributed by atoms with Crippen LogP contribution in [0.2, 0.25) is 0 Å². The fourth-order valence-corrected chi connectivity index (χ4v) is 8.45. The number of esters is 1. The largest absolute Gasteiger partial charge is 0.466 e. The first-order valence-electron chi connectivity index (χ1n) is 27.6. The number of ether oxygens (including phenoxy) is 1. The van der Waals surface area contributed by atoms with Gasteiger partial charge in [0, 0.05) is 12.8 Å². The van der Waals surface area contributed by atoms with Gasteiger partial charge < -0.3 is 20.3 Å². The second-order valence-electron chi connectivity index (χ2n) is 18.9. The second kappa shape index (κ2) is 52.0. The first-order chi connectivity index (χ1) is 30.5. The number of allylic oxidation sites excluding steroid dienone is 3. The maximum atomic E-state index is 12.4. The Bertz CT molecular complexity index is 966. The predicted molar refractivity (Wildman–Crippen MR) is 269 cm³/mol. The molecule has 0 aliphatic rings. The lowest BCUT2D eigenvalue weighted by atomic mass is 10.0. The highest BCUT2D eigenvalue weighted by Gasteiger charge is 2.18. The van der Waals surface area contributed by atoms with Crippen molar-refractivity contribution in [2.45, 2.75) is 309 Å². The molecule has 0 heterocycles. The molecule has 62 heavy (non-hydrogen) atoms. The standard InChI is InChI=1S/C56H107NO5/c1-3-5-7-9-11-13-15-16-22-25-29-32-36-40-44-48-54(59)53(52-58)57-55(60)49-45-41-37-33-30-26-23-20-18-17-19-21-24-27-31-35-39-43-47-51-62-56(61)50-46-42-38-34-28-14-12-10-8-6-4-2/h17-18,44,48,53-54,58-59H,3-16,19-43,45-47,49-52H2,1-2H3,(H,57,60)/b18-17-,48-44+. The van der Waals surface area contributed by atoms with Crippen LogP contribution in [0, 0.1) is 0 Å². The van der Waals surface area contributed by atoms with Gasteiger partial charge in [0.25, 0.3) is 0 Å². The predicted octanol–water partition coefficient (Wildman–Crippen LogP) is 16.7. The number of hydrogen-bond donors (Lipinski definition) is 3. The summed E-state index contributed by atoms with van der Waals surface area (Å²) in [6.07, 6.45) is 61.9. The molecule has 366 valence electrons. The van der Waals surface area contributed by atoms with Gasteiger partial charge in [-0.05, 0) is 57.8 Å². The van der Waals surface area contributed by atoms with Crippen molar-refractivity contribution in [2.24, 2.45) is 0 Å². The molecule has 0 saturated heterocycles. The molecule has 0 radical (unpaired) electrons. The lowest BCUT2D eigenvalue weighted by molar-refractivity contribution is -0.143. The van der Waals surface area contributed by atoms with Crippen LogP contribution in [-0.4, -0.2) is 47.4 Å². The Labute approximate surface area is 386 Å². The molecule has 0 rings (SSSR count). The lowest BCUT2D eigenvalue weighted by Crippen LogP contribution is -2.45. The molecule has 0 aromatic carbocycles. The molecule has 0 bridgehead atoms. The monoisotopic (exact) mass is 874 g/mol. The van der Waals surface area contributed by atoms with Crippen LogP contribution in [0.1, 0.15) is 296 Å². The number of carbonyl (C=O) groups excluding carboxylic acids is 2. The maximum absolute atomic E-state index is 12.4. The average molecular weight is 874 g/mol. The number of nitrogens with one attached hydrogen (secondary N) is 1.